The molecule has 0 bridgehead atoms. The van der Waals surface area contributed by atoms with E-state index in [2.05, 4.69) is 31.5 Å². The molecule has 0 aliphatic carbocycles. The van der Waals surface area contributed by atoms with Gasteiger partial charge < -0.3 is 4.74 Å². The molecule has 0 aromatic carbocycles. The number of nitrogens with zero attached hydrogens (tertiary/aromatic N) is 1. The largest absolute Gasteiger partial charge is 0.465 e. The molecule has 0 radical (unpaired) electrons. The summed E-state index contributed by atoms with van der Waals surface area (Å²) in [6.45, 7) is 13.8. The van der Waals surface area contributed by atoms with Gasteiger partial charge in [-0.2, -0.15) is 0 Å². The van der Waals surface area contributed by atoms with E-state index >= 15 is 4.39 Å². The average Bonchev–Trinajstić information content (AvgIpc) is 3.17. The fourth-order valence-corrected chi connectivity index (χ4v) is 5.23. The number of ketones is 1. The number of ether oxygens (including phenoxy) is 1. The number of thiazole rings is 1. The first-order valence-electron chi connectivity index (χ1n) is 12.3. The van der Waals surface area contributed by atoms with Crippen molar-refractivity contribution in [3.63, 3.8) is 0 Å². The van der Waals surface area contributed by atoms with E-state index in [0.29, 0.717) is 24.5 Å². The lowest BCUT2D eigenvalue weighted by molar-refractivity contribution is -0.149. The summed E-state index contributed by atoms with van der Waals surface area (Å²) < 4.78 is 20.9. The second-order valence-electron chi connectivity index (χ2n) is 10.3. The topological polar surface area (TPSA) is 56.3 Å². The van der Waals surface area contributed by atoms with Crippen molar-refractivity contribution in [2.45, 2.75) is 79.6 Å². The summed E-state index contributed by atoms with van der Waals surface area (Å²) in [5.41, 5.74) is 0.839. The molecule has 1 aromatic heterocycles. The summed E-state index contributed by atoms with van der Waals surface area (Å²) in [5, 5.41) is 2.57. The van der Waals surface area contributed by atoms with Gasteiger partial charge in [-0.3, -0.25) is 9.59 Å². The Bertz CT molecular complexity index is 915. The summed E-state index contributed by atoms with van der Waals surface area (Å²) >= 11 is 1.42. The Morgan fingerprint density at radius 3 is 2.74 bits per heavy atom. The van der Waals surface area contributed by atoms with Crippen molar-refractivity contribution in [1.29, 1.82) is 0 Å². The summed E-state index contributed by atoms with van der Waals surface area (Å²) in [4.78, 5) is 30.9. The van der Waals surface area contributed by atoms with E-state index in [-0.39, 0.29) is 24.7 Å². The lowest BCUT2D eigenvalue weighted by Crippen LogP contribution is -2.36. The van der Waals surface area contributed by atoms with Crippen molar-refractivity contribution in [2.75, 3.05) is 6.61 Å². The smallest absolute Gasteiger partial charge is 0.315 e. The third kappa shape index (κ3) is 8.61. The van der Waals surface area contributed by atoms with Crippen LogP contribution in [0.4, 0.5) is 4.39 Å². The van der Waals surface area contributed by atoms with Crippen molar-refractivity contribution in [3.8, 4) is 0 Å². The predicted octanol–water partition coefficient (Wildman–Crippen LogP) is 7.65. The molecular weight excluding hydrogens is 449 g/mol. The lowest BCUT2D eigenvalue weighted by atomic mass is 9.71. The van der Waals surface area contributed by atoms with E-state index in [1.54, 1.807) is 11.5 Å². The van der Waals surface area contributed by atoms with Crippen LogP contribution in [0.25, 0.3) is 6.08 Å². The highest BCUT2D eigenvalue weighted by Crippen LogP contribution is 2.37. The van der Waals surface area contributed by atoms with Gasteiger partial charge in [0.05, 0.1) is 17.3 Å². The van der Waals surface area contributed by atoms with Gasteiger partial charge in [-0.25, -0.2) is 9.37 Å². The Morgan fingerprint density at radius 1 is 1.35 bits per heavy atom. The molecule has 0 N–H and O–H groups in total. The molecule has 2 rings (SSSR count). The van der Waals surface area contributed by atoms with Gasteiger partial charge in [0.2, 0.25) is 0 Å². The number of aryl methyl sites for hydroxylation is 1. The molecule has 3 unspecified atom stereocenters. The van der Waals surface area contributed by atoms with Gasteiger partial charge in [0.1, 0.15) is 17.5 Å². The van der Waals surface area contributed by atoms with Crippen LogP contribution in [0.1, 0.15) is 83.3 Å². The Morgan fingerprint density at radius 2 is 2.09 bits per heavy atom. The molecule has 0 fully saturated rings. The van der Waals surface area contributed by atoms with Gasteiger partial charge in [0.25, 0.3) is 0 Å². The number of hydrogen-bond donors (Lipinski definition) is 0. The minimum Gasteiger partial charge on any atom is -0.465 e. The van der Waals surface area contributed by atoms with Crippen LogP contribution in [0.5, 0.6) is 0 Å². The first-order valence-corrected chi connectivity index (χ1v) is 13.2. The summed E-state index contributed by atoms with van der Waals surface area (Å²) in [7, 11) is 0. The Kier molecular flexibility index (Phi) is 10.9. The number of cyclic esters (lactones) is 1. The third-order valence-electron chi connectivity index (χ3n) is 6.55. The van der Waals surface area contributed by atoms with E-state index < -0.39 is 23.1 Å². The number of carbonyl (C=O) groups excluding carboxylic acids is 2. The summed E-state index contributed by atoms with van der Waals surface area (Å²) in [6, 6.07) is 0. The average molecular weight is 490 g/mol. The van der Waals surface area contributed by atoms with Crippen LogP contribution in [-0.4, -0.2) is 23.3 Å². The molecule has 2 heterocycles. The van der Waals surface area contributed by atoms with Gasteiger partial charge in [-0.05, 0) is 64.4 Å². The first-order chi connectivity index (χ1) is 16.0. The number of carbonyl (C=O) groups is 2. The first kappa shape index (κ1) is 28.2. The molecular formula is C28H40FNO3S. The fourth-order valence-electron chi connectivity index (χ4n) is 4.66. The molecule has 34 heavy (non-hydrogen) atoms. The maximum atomic E-state index is 15.5. The number of esters is 1. The van der Waals surface area contributed by atoms with E-state index in [0.717, 1.165) is 30.7 Å². The molecule has 1 aromatic rings. The van der Waals surface area contributed by atoms with Crippen LogP contribution >= 0.6 is 11.3 Å². The van der Waals surface area contributed by atoms with E-state index in [4.69, 9.17) is 4.74 Å². The van der Waals surface area contributed by atoms with Crippen LogP contribution in [0.2, 0.25) is 0 Å². The van der Waals surface area contributed by atoms with E-state index in [9.17, 15) is 9.59 Å². The van der Waals surface area contributed by atoms with E-state index in [1.165, 1.54) is 23.0 Å². The van der Waals surface area contributed by atoms with Gasteiger partial charge in [0.15, 0.2) is 0 Å². The normalized spacial score (nSPS) is 26.0. The number of aromatic nitrogens is 1. The van der Waals surface area contributed by atoms with Gasteiger partial charge in [0, 0.05) is 16.7 Å². The molecule has 3 atom stereocenters. The van der Waals surface area contributed by atoms with Crippen molar-refractivity contribution >= 4 is 29.2 Å². The molecule has 188 valence electrons. The minimum atomic E-state index is -1.15. The molecule has 0 amide bonds. The zero-order valence-corrected chi connectivity index (χ0v) is 22.2. The summed E-state index contributed by atoms with van der Waals surface area (Å²) in [5.74, 6) is -2.14. The van der Waals surface area contributed by atoms with Crippen LogP contribution in [0, 0.1) is 30.1 Å². The number of halogens is 1. The number of Topliss-reactive ketones (excluding diaryl/α,β-unsaturated/α-hetero) is 1. The molecule has 1 aliphatic heterocycles. The van der Waals surface area contributed by atoms with Crippen molar-refractivity contribution < 1.29 is 18.7 Å². The van der Waals surface area contributed by atoms with E-state index in [1.807, 2.05) is 20.8 Å². The molecule has 4 nitrogen and oxygen atoms in total. The zero-order chi connectivity index (χ0) is 25.3. The minimum absolute atomic E-state index is 0.0486. The van der Waals surface area contributed by atoms with Crippen LogP contribution in [-0.2, 0) is 14.3 Å². The van der Waals surface area contributed by atoms with Crippen molar-refractivity contribution in [1.82, 2.24) is 4.98 Å². The second-order valence-corrected chi connectivity index (χ2v) is 11.3. The fraction of sp³-hybridized carbons (Fsp3) is 0.607. The maximum absolute atomic E-state index is 15.5. The monoisotopic (exact) mass is 489 g/mol. The molecule has 0 saturated heterocycles. The molecule has 1 aliphatic rings. The predicted molar refractivity (Wildman–Crippen MR) is 138 cm³/mol. The second kappa shape index (κ2) is 13.1. The zero-order valence-electron chi connectivity index (χ0n) is 21.4. The highest BCUT2D eigenvalue weighted by molar-refractivity contribution is 7.09. The quantitative estimate of drug-likeness (QED) is 0.322. The Balaban J connectivity index is 2.38. The molecule has 6 heteroatoms. The third-order valence-corrected chi connectivity index (χ3v) is 7.35. The molecule has 0 saturated carbocycles. The number of rotatable bonds is 4. The summed E-state index contributed by atoms with van der Waals surface area (Å²) in [6.07, 6.45) is 10.3. The Hall–Kier alpha value is -2.08. The lowest BCUT2D eigenvalue weighted by Gasteiger charge is -2.31. The van der Waals surface area contributed by atoms with Crippen molar-refractivity contribution in [3.05, 3.63) is 46.2 Å². The van der Waals surface area contributed by atoms with Crippen LogP contribution < -0.4 is 0 Å². The van der Waals surface area contributed by atoms with Crippen LogP contribution in [0.15, 0.2) is 35.5 Å². The van der Waals surface area contributed by atoms with Crippen LogP contribution in [0.3, 0.4) is 0 Å². The highest BCUT2D eigenvalue weighted by Gasteiger charge is 2.39. The van der Waals surface area contributed by atoms with Gasteiger partial charge in [-0.1, -0.05) is 44.9 Å². The SMILES string of the molecule is C=CCC1CC(C)CCCC(C)=CCCOC(=O)C(C(F)=Cc2csc(C)n2)CC(C)(C)C1=O. The van der Waals surface area contributed by atoms with Gasteiger partial charge in [-0.15, -0.1) is 17.9 Å². The number of allylic oxidation sites excluding steroid dienone is 2. The van der Waals surface area contributed by atoms with Gasteiger partial charge >= 0.3 is 5.97 Å². The standard InChI is InChI=1S/C28H40FNO3S/c1-7-10-22-15-20(3)12-8-11-19(2)13-9-14-33-27(32)24(17-28(5,6)26(22)31)25(29)16-23-18-34-21(4)30-23/h7,13,16,18,20,22,24H,1,8-12,14-15,17H2,2-6H3. The van der Waals surface area contributed by atoms with Crippen molar-refractivity contribution in [2.24, 2.45) is 23.2 Å². The maximum Gasteiger partial charge on any atom is 0.315 e. The molecule has 0 spiro atoms. The highest BCUT2D eigenvalue weighted by atomic mass is 32.1. The number of hydrogen-bond acceptors (Lipinski definition) is 5. The Labute approximate surface area is 208 Å².